The van der Waals surface area contributed by atoms with E-state index < -0.39 is 0 Å². The van der Waals surface area contributed by atoms with E-state index in [0.717, 1.165) is 7.37 Å². The molecule has 0 bridgehead atoms. The second-order valence-electron chi connectivity index (χ2n) is 0.577. The molecule has 0 fully saturated rings. The topological polar surface area (TPSA) is 9.23 Å². The molecule has 4 heavy (non-hydrogen) atoms. The summed E-state index contributed by atoms with van der Waals surface area (Å²) < 4.78 is 4.54. The van der Waals surface area contributed by atoms with Gasteiger partial charge in [-0.2, -0.15) is 0 Å². The van der Waals surface area contributed by atoms with E-state index in [4.69, 9.17) is 0 Å². The van der Waals surface area contributed by atoms with Gasteiger partial charge in [-0.3, -0.25) is 0 Å². The smallest absolute Gasteiger partial charge is 0.236 e. The number of hydrogen-bond acceptors (Lipinski definition) is 1. The summed E-state index contributed by atoms with van der Waals surface area (Å²) in [7, 11) is 4.46. The quantitative estimate of drug-likeness (QED) is 0.299. The SMILES string of the molecule is BBOB. The fourth-order valence-electron chi connectivity index (χ4n) is 0. The summed E-state index contributed by atoms with van der Waals surface area (Å²) in [6.45, 7) is 0. The van der Waals surface area contributed by atoms with Gasteiger partial charge in [0.05, 0.1) is 0 Å². The van der Waals surface area contributed by atoms with Gasteiger partial charge in [0.25, 0.3) is 0 Å². The molecule has 0 aromatic carbocycles. The zero-order valence-corrected chi connectivity index (χ0v) is 3.12. The van der Waals surface area contributed by atoms with E-state index >= 15 is 0 Å². The lowest BCUT2D eigenvalue weighted by Crippen LogP contribution is -1.90. The van der Waals surface area contributed by atoms with Gasteiger partial charge in [-0.15, -0.1) is 0 Å². The summed E-state index contributed by atoms with van der Waals surface area (Å²) in [5, 5.41) is 0. The highest BCUT2D eigenvalue weighted by Crippen LogP contribution is 1.36. The van der Waals surface area contributed by atoms with Gasteiger partial charge in [0.1, 0.15) is 7.74 Å². The number of rotatable bonds is 1. The van der Waals surface area contributed by atoms with Crippen molar-refractivity contribution in [3.05, 3.63) is 0 Å². The molecule has 4 heteroatoms. The molecule has 0 N–H and O–H groups in total. The van der Waals surface area contributed by atoms with Crippen LogP contribution in [0.5, 0.6) is 0 Å². The minimum atomic E-state index is 0.819. The Balaban J connectivity index is 1.97. The van der Waals surface area contributed by atoms with Crippen LogP contribution in [-0.2, 0) is 4.57 Å². The fourth-order valence-corrected chi connectivity index (χ4v) is 0. The molecule has 0 rings (SSSR count). The van der Waals surface area contributed by atoms with E-state index in [9.17, 15) is 0 Å². The van der Waals surface area contributed by atoms with Crippen molar-refractivity contribution in [2.24, 2.45) is 0 Å². The molecule has 0 saturated heterocycles. The Morgan fingerprint density at radius 1 is 1.75 bits per heavy atom. The van der Waals surface area contributed by atoms with Crippen LogP contribution in [0, 0.1) is 0 Å². The molecule has 0 aliphatic rings. The molecule has 1 nitrogen and oxygen atoms in total. The molecule has 0 radical (unpaired) electrons. The van der Waals surface area contributed by atoms with Crippen LogP contribution in [0.15, 0.2) is 0 Å². The van der Waals surface area contributed by atoms with Gasteiger partial charge < -0.3 is 4.57 Å². The van der Waals surface area contributed by atoms with Crippen LogP contribution in [0.25, 0.3) is 0 Å². The molecule has 0 spiro atoms. The van der Waals surface area contributed by atoms with Crippen molar-refractivity contribution in [1.82, 2.24) is 0 Å². The third kappa shape index (κ3) is 2.15. The van der Waals surface area contributed by atoms with Crippen molar-refractivity contribution in [3.63, 3.8) is 0 Å². The second-order valence-corrected chi connectivity index (χ2v) is 0.577. The highest BCUT2D eigenvalue weighted by Gasteiger charge is 1.60. The molecule has 0 saturated carbocycles. The highest BCUT2D eigenvalue weighted by molar-refractivity contribution is 6.86. The average Bonchev–Trinajstić information content (AvgIpc) is 1.37. The van der Waals surface area contributed by atoms with Crippen LogP contribution in [-0.4, -0.2) is 23.2 Å². The molecule has 0 aliphatic heterocycles. The molecule has 0 aromatic rings. The minimum Gasteiger partial charge on any atom is -0.513 e. The van der Waals surface area contributed by atoms with Crippen LogP contribution in [0.2, 0.25) is 0 Å². The van der Waals surface area contributed by atoms with Crippen molar-refractivity contribution in [1.29, 1.82) is 0 Å². The van der Waals surface area contributed by atoms with E-state index in [2.05, 4.69) is 4.57 Å². The zero-order valence-electron chi connectivity index (χ0n) is 3.12. The van der Waals surface area contributed by atoms with Crippen LogP contribution in [0.3, 0.4) is 0 Å². The van der Waals surface area contributed by atoms with Crippen molar-refractivity contribution in [2.45, 2.75) is 0 Å². The van der Waals surface area contributed by atoms with E-state index in [0.29, 0.717) is 0 Å². The standard InChI is InChI=1S/B3H5O/c1-3-4-2/h3H,1-2H2. The lowest BCUT2D eigenvalue weighted by Gasteiger charge is -1.73. The first kappa shape index (κ1) is 4.15. The first-order valence-corrected chi connectivity index (χ1v) is 1.40. The van der Waals surface area contributed by atoms with E-state index in [1.807, 2.05) is 7.74 Å². The maximum absolute atomic E-state index is 4.54. The van der Waals surface area contributed by atoms with Gasteiger partial charge in [0.15, 0.2) is 0 Å². The Kier molecular flexibility index (Phi) is 3.28. The third-order valence-corrected chi connectivity index (χ3v) is 0.289. The van der Waals surface area contributed by atoms with Crippen LogP contribution in [0.1, 0.15) is 0 Å². The van der Waals surface area contributed by atoms with Crippen molar-refractivity contribution in [2.75, 3.05) is 0 Å². The Hall–Kier alpha value is 0.155. The zero-order chi connectivity index (χ0) is 3.41. The molecule has 0 heterocycles. The van der Waals surface area contributed by atoms with E-state index in [-0.39, 0.29) is 0 Å². The molecule has 0 unspecified atom stereocenters. The third-order valence-electron chi connectivity index (χ3n) is 0.289. The molecular formula is H5B3O. The summed E-state index contributed by atoms with van der Waals surface area (Å²) in [4.78, 5) is 0. The largest absolute Gasteiger partial charge is 0.513 e. The Morgan fingerprint density at radius 2 is 2.00 bits per heavy atom. The Labute approximate surface area is 28.8 Å². The molecule has 0 amide bonds. The van der Waals surface area contributed by atoms with Crippen molar-refractivity contribution in [3.8, 4) is 0 Å². The maximum atomic E-state index is 4.54. The van der Waals surface area contributed by atoms with Gasteiger partial charge in [-0.1, -0.05) is 0 Å². The lowest BCUT2D eigenvalue weighted by molar-refractivity contribution is 0.683. The predicted molar refractivity (Wildman–Crippen MR) is 25.3 cm³/mol. The molecule has 0 atom stereocenters. The van der Waals surface area contributed by atoms with Crippen LogP contribution in [0.4, 0.5) is 0 Å². The monoisotopic (exact) mass is 54.1 g/mol. The normalized spacial score (nSPS) is 6.00. The summed E-state index contributed by atoms with van der Waals surface area (Å²) in [5.74, 6) is 0. The van der Waals surface area contributed by atoms with Crippen molar-refractivity contribution < 1.29 is 4.57 Å². The van der Waals surface area contributed by atoms with Gasteiger partial charge >= 0.3 is 0 Å². The minimum absolute atomic E-state index is 0.819. The maximum Gasteiger partial charge on any atom is 0.236 e. The van der Waals surface area contributed by atoms with Gasteiger partial charge in [-0.25, -0.2) is 0 Å². The summed E-state index contributed by atoms with van der Waals surface area (Å²) in [6.07, 6.45) is 0. The summed E-state index contributed by atoms with van der Waals surface area (Å²) >= 11 is 0. The van der Waals surface area contributed by atoms with Crippen LogP contribution >= 0.6 is 0 Å². The van der Waals surface area contributed by atoms with Crippen molar-refractivity contribution >= 4 is 23.2 Å². The van der Waals surface area contributed by atoms with E-state index in [1.54, 1.807) is 8.05 Å². The van der Waals surface area contributed by atoms with Gasteiger partial charge in [0, 0.05) is 0 Å². The van der Waals surface area contributed by atoms with E-state index in [1.165, 1.54) is 0 Å². The summed E-state index contributed by atoms with van der Waals surface area (Å²) in [5.41, 5.74) is 0. The lowest BCUT2D eigenvalue weighted by atomic mass is 9.71. The van der Waals surface area contributed by atoms with Gasteiger partial charge in [-0.05, 0) is 0 Å². The molecule has 0 aromatic heterocycles. The summed E-state index contributed by atoms with van der Waals surface area (Å²) in [6, 6.07) is 0. The fraction of sp³-hybridized carbons (Fsp3) is 0. The van der Waals surface area contributed by atoms with Gasteiger partial charge in [0.2, 0.25) is 15.4 Å². The molecular weight excluding hydrogens is 48.4 g/mol. The van der Waals surface area contributed by atoms with Crippen LogP contribution < -0.4 is 0 Å². The predicted octanol–water partition coefficient (Wildman–Crippen LogP) is -2.55. The molecule has 0 aliphatic carbocycles. The Bertz CT molecular complexity index is 5.25. The number of hydrogen-bond donors (Lipinski definition) is 0. The second kappa shape index (κ2) is 3.15. The Morgan fingerprint density at radius 3 is 2.00 bits per heavy atom. The highest BCUT2D eigenvalue weighted by atomic mass is 16.4. The first-order valence-electron chi connectivity index (χ1n) is 1.40. The molecule has 20 valence electrons. The average molecular weight is 53.5 g/mol. The first-order chi connectivity index (χ1) is 1.91.